The van der Waals surface area contributed by atoms with Crippen LogP contribution in [0.15, 0.2) is 0 Å². The summed E-state index contributed by atoms with van der Waals surface area (Å²) in [5.41, 5.74) is -2.97. The second-order valence-corrected chi connectivity index (χ2v) is 25.3. The highest BCUT2D eigenvalue weighted by molar-refractivity contribution is 5.86. The number of nitrogens with zero attached hydrogens (tertiary/aromatic N) is 3. The van der Waals surface area contributed by atoms with Crippen molar-refractivity contribution in [3.8, 4) is 0 Å². The summed E-state index contributed by atoms with van der Waals surface area (Å²) in [6, 6.07) is 0. The Morgan fingerprint density at radius 3 is 0.526 bits per heavy atom. The fourth-order valence-corrected chi connectivity index (χ4v) is 10.0. The molecule has 0 rings (SSSR count). The van der Waals surface area contributed by atoms with Gasteiger partial charge in [-0.25, -0.2) is 0 Å². The van der Waals surface area contributed by atoms with Gasteiger partial charge in [-0.3, -0.25) is 0 Å². The number of hydrogen-bond acceptors (Lipinski definition) is 7. The van der Waals surface area contributed by atoms with Crippen LogP contribution in [0.5, 0.6) is 0 Å². The SMILES string of the molecule is CCCCCCCCCC[N+](C)(C)CCCCCCCC.CCCCCCCCCC[N+](C)(C)CCCCCCCC.CCCCCCCCCC[N+](C)(C)CCCCCCCC.O=C([O-])CC(O)(CC(=O)[O-])C(=O)[O-]. The number of aliphatic carboxylic acids is 3. The van der Waals surface area contributed by atoms with Crippen LogP contribution in [0.1, 0.15) is 324 Å². The molecule has 0 saturated carbocycles. The van der Waals surface area contributed by atoms with Crippen molar-refractivity contribution in [1.82, 2.24) is 0 Å². The smallest absolute Gasteiger partial charge is 0.114 e. The minimum atomic E-state index is -2.97. The van der Waals surface area contributed by atoms with Gasteiger partial charge >= 0.3 is 0 Å². The molecule has 0 saturated heterocycles. The molecule has 10 nitrogen and oxygen atoms in total. The third-order valence-electron chi connectivity index (χ3n) is 15.5. The van der Waals surface area contributed by atoms with Gasteiger partial charge in [0.2, 0.25) is 0 Å². The summed E-state index contributed by atoms with van der Waals surface area (Å²) in [4.78, 5) is 30.0. The van der Waals surface area contributed by atoms with E-state index in [0.717, 1.165) is 0 Å². The number of unbranched alkanes of at least 4 members (excludes halogenated alkanes) is 36. The van der Waals surface area contributed by atoms with Gasteiger partial charge in [0.15, 0.2) is 0 Å². The third kappa shape index (κ3) is 66.5. The van der Waals surface area contributed by atoms with Crippen molar-refractivity contribution in [3.63, 3.8) is 0 Å². The summed E-state index contributed by atoms with van der Waals surface area (Å²) in [5.74, 6) is -5.98. The van der Waals surface area contributed by atoms with Crippen molar-refractivity contribution >= 4 is 17.9 Å². The largest absolute Gasteiger partial charge is 0.550 e. The van der Waals surface area contributed by atoms with E-state index in [1.54, 1.807) is 0 Å². The second-order valence-electron chi connectivity index (χ2n) is 25.3. The Labute approximate surface area is 475 Å². The molecule has 0 aromatic rings. The molecule has 76 heavy (non-hydrogen) atoms. The number of carbonyl (C=O) groups is 3. The number of carbonyl (C=O) groups excluding carboxylic acids is 3. The molecule has 0 aliphatic carbocycles. The molecule has 0 spiro atoms. The lowest BCUT2D eigenvalue weighted by Gasteiger charge is -2.30. The predicted molar refractivity (Wildman–Crippen MR) is 323 cm³/mol. The summed E-state index contributed by atoms with van der Waals surface area (Å²) in [5, 5.41) is 38.9. The molecule has 0 amide bonds. The predicted octanol–water partition coefficient (Wildman–Crippen LogP) is 14.4. The average molecular weight is 1080 g/mol. The van der Waals surface area contributed by atoms with Crippen LogP contribution in [0.2, 0.25) is 0 Å². The lowest BCUT2D eigenvalue weighted by Crippen LogP contribution is -2.54. The summed E-state index contributed by atoms with van der Waals surface area (Å²) in [6.45, 7) is 22.0. The van der Waals surface area contributed by atoms with E-state index in [-0.39, 0.29) is 0 Å². The number of rotatable bonds is 53. The maximum Gasteiger partial charge on any atom is 0.114 e. The highest BCUT2D eigenvalue weighted by atomic mass is 16.4. The third-order valence-corrected chi connectivity index (χ3v) is 15.5. The van der Waals surface area contributed by atoms with E-state index in [1.807, 2.05) is 0 Å². The van der Waals surface area contributed by atoms with E-state index in [1.165, 1.54) is 322 Å². The Balaban J connectivity index is -0.000000461. The van der Waals surface area contributed by atoms with Crippen LogP contribution >= 0.6 is 0 Å². The topological polar surface area (TPSA) is 141 Å². The Morgan fingerprint density at radius 2 is 0.408 bits per heavy atom. The van der Waals surface area contributed by atoms with Gasteiger partial charge in [0.25, 0.3) is 0 Å². The zero-order valence-corrected chi connectivity index (χ0v) is 53.6. The molecule has 0 atom stereocenters. The molecule has 0 aromatic carbocycles. The molecule has 0 bridgehead atoms. The molecule has 0 heterocycles. The molecule has 458 valence electrons. The van der Waals surface area contributed by atoms with Gasteiger partial charge in [-0.15, -0.1) is 0 Å². The van der Waals surface area contributed by atoms with E-state index < -0.39 is 36.4 Å². The van der Waals surface area contributed by atoms with E-state index in [4.69, 9.17) is 5.11 Å². The molecule has 0 aliphatic rings. The second kappa shape index (κ2) is 57.9. The van der Waals surface area contributed by atoms with Crippen molar-refractivity contribution in [3.05, 3.63) is 0 Å². The molecule has 0 fully saturated rings. The maximum atomic E-state index is 10.1. The number of carboxylic acids is 3. The quantitative estimate of drug-likeness (QED) is 0.0472. The minimum absolute atomic E-state index is 1.24. The highest BCUT2D eigenvalue weighted by Crippen LogP contribution is 2.17. The molecular formula is C66H137N3O7. The van der Waals surface area contributed by atoms with Crippen LogP contribution in [0.3, 0.4) is 0 Å². The average Bonchev–Trinajstić information content (AvgIpc) is 3.35. The zero-order chi connectivity index (χ0) is 58.1. The Morgan fingerprint density at radius 1 is 0.276 bits per heavy atom. The number of carboxylic acid groups (broad SMARTS) is 3. The van der Waals surface area contributed by atoms with Crippen LogP contribution < -0.4 is 15.3 Å². The van der Waals surface area contributed by atoms with Crippen LogP contribution in [-0.2, 0) is 14.4 Å². The molecule has 0 radical (unpaired) electrons. The first-order chi connectivity index (χ1) is 36.1. The normalized spacial score (nSPS) is 11.8. The van der Waals surface area contributed by atoms with Crippen LogP contribution in [0, 0.1) is 0 Å². The van der Waals surface area contributed by atoms with E-state index in [9.17, 15) is 29.7 Å². The number of quaternary nitrogens is 3. The van der Waals surface area contributed by atoms with Gasteiger partial charge in [0.05, 0.1) is 87.5 Å². The van der Waals surface area contributed by atoms with Crippen molar-refractivity contribution < 1.29 is 48.3 Å². The molecular weight excluding hydrogens is 947 g/mol. The summed E-state index contributed by atoms with van der Waals surface area (Å²) in [7, 11) is 14.5. The highest BCUT2D eigenvalue weighted by Gasteiger charge is 2.29. The van der Waals surface area contributed by atoms with Gasteiger partial charge in [0.1, 0.15) is 5.60 Å². The lowest BCUT2D eigenvalue weighted by molar-refractivity contribution is -0.890. The molecule has 0 unspecified atom stereocenters. The van der Waals surface area contributed by atoms with Crippen molar-refractivity contribution in [2.45, 2.75) is 330 Å². The fourth-order valence-electron chi connectivity index (χ4n) is 10.0. The summed E-state index contributed by atoms with van der Waals surface area (Å²) < 4.78 is 3.72. The maximum absolute atomic E-state index is 10.1. The van der Waals surface area contributed by atoms with E-state index in [0.29, 0.717) is 0 Å². The molecule has 10 heteroatoms. The Kier molecular flexibility index (Phi) is 61.5. The first-order valence-corrected chi connectivity index (χ1v) is 32.9. The van der Waals surface area contributed by atoms with Gasteiger partial charge in [-0.2, -0.15) is 0 Å². The molecule has 0 aromatic heterocycles. The minimum Gasteiger partial charge on any atom is -0.550 e. The van der Waals surface area contributed by atoms with Crippen LogP contribution in [0.25, 0.3) is 0 Å². The standard InChI is InChI=1S/3C20H44N.C6H8O7/c3*1-5-7-9-11-13-14-16-18-20-21(3,4)19-17-15-12-10-8-6-2;7-3(8)1-6(13,5(11)12)2-4(9)10/h3*5-20H2,1-4H3;13H,1-2H2,(H,7,8)(H,9,10)(H,11,12)/q3*+1;/p-3. The van der Waals surface area contributed by atoms with Gasteiger partial charge in [-0.1, -0.05) is 234 Å². The lowest BCUT2D eigenvalue weighted by atomic mass is 9.96. The zero-order valence-electron chi connectivity index (χ0n) is 53.6. The molecule has 0 aliphatic heterocycles. The van der Waals surface area contributed by atoms with Crippen LogP contribution in [0.4, 0.5) is 0 Å². The first kappa shape index (κ1) is 80.7. The van der Waals surface area contributed by atoms with E-state index in [2.05, 4.69) is 83.8 Å². The summed E-state index contributed by atoms with van der Waals surface area (Å²) >= 11 is 0. The summed E-state index contributed by atoms with van der Waals surface area (Å²) in [6.07, 6.45) is 57.5. The molecule has 1 N–H and O–H groups in total. The van der Waals surface area contributed by atoms with Crippen LogP contribution in [-0.4, -0.2) is 124 Å². The number of aliphatic hydroxyl groups is 1. The van der Waals surface area contributed by atoms with Gasteiger partial charge in [0, 0.05) is 24.8 Å². The van der Waals surface area contributed by atoms with E-state index >= 15 is 0 Å². The van der Waals surface area contributed by atoms with Crippen molar-refractivity contribution in [1.29, 1.82) is 0 Å². The Hall–Kier alpha value is -1.75. The van der Waals surface area contributed by atoms with Crippen molar-refractivity contribution in [2.75, 3.05) is 81.6 Å². The number of hydrogen-bond donors (Lipinski definition) is 1. The van der Waals surface area contributed by atoms with Gasteiger partial charge in [-0.05, 0) is 77.0 Å². The Bertz CT molecular complexity index is 1110. The van der Waals surface area contributed by atoms with Crippen molar-refractivity contribution in [2.24, 2.45) is 0 Å². The first-order valence-electron chi connectivity index (χ1n) is 32.9. The monoisotopic (exact) mass is 1080 g/mol. The fraction of sp³-hybridized carbons (Fsp3) is 0.955. The van der Waals surface area contributed by atoms with Gasteiger partial charge < -0.3 is 48.3 Å².